The molecule has 0 saturated carbocycles. The van der Waals surface area contributed by atoms with Crippen molar-refractivity contribution in [2.24, 2.45) is 0 Å². The van der Waals surface area contributed by atoms with E-state index in [2.05, 4.69) is 41.4 Å². The van der Waals surface area contributed by atoms with Crippen molar-refractivity contribution >= 4 is 52.3 Å². The predicted octanol–water partition coefficient (Wildman–Crippen LogP) is 7.02. The largest absolute Gasteiger partial charge is 0.477 e. The Morgan fingerprint density at radius 2 is 1.72 bits per heavy atom. The lowest BCUT2D eigenvalue weighted by Gasteiger charge is -2.14. The van der Waals surface area contributed by atoms with Crippen LogP contribution in [0.1, 0.15) is 23.7 Å². The molecule has 0 bridgehead atoms. The highest BCUT2D eigenvalue weighted by atomic mass is 35.5. The van der Waals surface area contributed by atoms with Crippen molar-refractivity contribution in [3.05, 3.63) is 70.4 Å². The predicted molar refractivity (Wildman–Crippen MR) is 143 cm³/mol. The van der Waals surface area contributed by atoms with Crippen LogP contribution in [-0.4, -0.2) is 32.8 Å². The first-order chi connectivity index (χ1) is 18.5. The highest BCUT2D eigenvalue weighted by Crippen LogP contribution is 2.36. The van der Waals surface area contributed by atoms with Gasteiger partial charge in [0.2, 0.25) is 11.8 Å². The van der Waals surface area contributed by atoms with Crippen molar-refractivity contribution in [1.29, 1.82) is 0 Å². The maximum Gasteiger partial charge on any atom is 0.417 e. The molecule has 0 aliphatic heterocycles. The first kappa shape index (κ1) is 27.5. The summed E-state index contributed by atoms with van der Waals surface area (Å²) in [6.07, 6.45) is -4.64. The second kappa shape index (κ2) is 11.5. The molecule has 0 atom stereocenters. The van der Waals surface area contributed by atoms with Gasteiger partial charge in [0.15, 0.2) is 0 Å². The second-order valence-corrected chi connectivity index (χ2v) is 8.73. The van der Waals surface area contributed by atoms with Crippen LogP contribution in [0.5, 0.6) is 5.88 Å². The molecule has 2 aromatic carbocycles. The summed E-state index contributed by atoms with van der Waals surface area (Å²) in [5, 5.41) is 17.7. The second-order valence-electron chi connectivity index (χ2n) is 8.32. The maximum atomic E-state index is 13.1. The summed E-state index contributed by atoms with van der Waals surface area (Å²) in [5.74, 6) is 1.92. The van der Waals surface area contributed by atoms with E-state index in [0.29, 0.717) is 47.1 Å². The number of rotatable bonds is 8. The van der Waals surface area contributed by atoms with Gasteiger partial charge in [0, 0.05) is 34.9 Å². The van der Waals surface area contributed by atoms with Crippen LogP contribution < -0.4 is 26.0 Å². The van der Waals surface area contributed by atoms with Gasteiger partial charge >= 0.3 is 12.2 Å². The van der Waals surface area contributed by atoms with E-state index in [1.165, 1.54) is 6.07 Å². The third kappa shape index (κ3) is 7.29. The Hall–Kier alpha value is -4.52. The summed E-state index contributed by atoms with van der Waals surface area (Å²) in [5.41, 5.74) is 1.49. The van der Waals surface area contributed by atoms with Gasteiger partial charge < -0.3 is 26.0 Å². The maximum absolute atomic E-state index is 13.1. The monoisotopic (exact) mass is 560 g/mol. The first-order valence-electron chi connectivity index (χ1n) is 11.6. The van der Waals surface area contributed by atoms with E-state index in [-0.39, 0.29) is 5.69 Å². The smallest absolute Gasteiger partial charge is 0.417 e. The molecule has 2 heterocycles. The molecule has 204 valence electrons. The van der Waals surface area contributed by atoms with Gasteiger partial charge in [0.25, 0.3) is 0 Å². The van der Waals surface area contributed by atoms with Crippen molar-refractivity contribution in [3.8, 4) is 5.88 Å². The zero-order valence-corrected chi connectivity index (χ0v) is 21.8. The van der Waals surface area contributed by atoms with Gasteiger partial charge in [-0.15, -0.1) is 5.10 Å². The van der Waals surface area contributed by atoms with Crippen molar-refractivity contribution < 1.29 is 22.7 Å². The quantitative estimate of drug-likeness (QED) is 0.157. The van der Waals surface area contributed by atoms with Gasteiger partial charge in [-0.2, -0.15) is 18.2 Å². The molecule has 0 fully saturated rings. The molecule has 0 radical (unpaired) electrons. The van der Waals surface area contributed by atoms with E-state index >= 15 is 0 Å². The molecule has 4 aromatic rings. The highest BCUT2D eigenvalue weighted by Gasteiger charge is 2.33. The molecule has 14 heteroatoms. The molecule has 39 heavy (non-hydrogen) atoms. The third-order valence-electron chi connectivity index (χ3n) is 5.22. The van der Waals surface area contributed by atoms with E-state index < -0.39 is 22.8 Å². The van der Waals surface area contributed by atoms with Gasteiger partial charge in [-0.1, -0.05) is 11.6 Å². The van der Waals surface area contributed by atoms with Crippen molar-refractivity contribution in [3.63, 3.8) is 0 Å². The lowest BCUT2D eigenvalue weighted by atomic mass is 10.1. The Bertz CT molecular complexity index is 1490. The van der Waals surface area contributed by atoms with Crippen LogP contribution in [0.15, 0.2) is 48.5 Å². The number of H-pyrrole nitrogens is 1. The first-order valence-corrected chi connectivity index (χ1v) is 12.0. The molecular formula is C25H24ClF3N8O2. The molecule has 0 aliphatic carbocycles. The number of hydrogen-bond acceptors (Lipinski definition) is 7. The number of aromatic nitrogens is 4. The zero-order chi connectivity index (χ0) is 28.2. The Morgan fingerprint density at radius 1 is 1.00 bits per heavy atom. The van der Waals surface area contributed by atoms with E-state index in [4.69, 9.17) is 16.3 Å². The molecule has 4 rings (SSSR count). The zero-order valence-electron chi connectivity index (χ0n) is 21.0. The van der Waals surface area contributed by atoms with Crippen LogP contribution in [0.2, 0.25) is 5.02 Å². The molecule has 0 aliphatic rings. The molecule has 2 aromatic heterocycles. The lowest BCUT2D eigenvalue weighted by Crippen LogP contribution is -2.20. The molecule has 0 spiro atoms. The van der Waals surface area contributed by atoms with Crippen LogP contribution in [0.3, 0.4) is 0 Å². The molecular weight excluding hydrogens is 537 g/mol. The Balaban J connectivity index is 1.41. The van der Waals surface area contributed by atoms with Crippen LogP contribution >= 0.6 is 11.6 Å². The average molecular weight is 561 g/mol. The summed E-state index contributed by atoms with van der Waals surface area (Å²) in [4.78, 5) is 21.3. The number of halogens is 4. The van der Waals surface area contributed by atoms with Gasteiger partial charge in [-0.25, -0.2) is 9.78 Å². The fourth-order valence-corrected chi connectivity index (χ4v) is 3.76. The molecule has 10 nitrogen and oxygen atoms in total. The number of carbonyl (C=O) groups is 1. The molecule has 5 N–H and O–H groups in total. The SMILES string of the molecule is CCOc1cc(Nc2cc(C)nc(Nc3ccc(NC(=O)Nc4ccc(Cl)c(C(F)(F)F)c4)cc3C)n2)[nH]n1. The molecule has 2 amide bonds. The minimum atomic E-state index is -4.64. The van der Waals surface area contributed by atoms with Crippen molar-refractivity contribution in [2.45, 2.75) is 26.9 Å². The number of alkyl halides is 3. The van der Waals surface area contributed by atoms with E-state index in [1.807, 2.05) is 20.8 Å². The van der Waals surface area contributed by atoms with Gasteiger partial charge in [0.05, 0.1) is 17.2 Å². The van der Waals surface area contributed by atoms with E-state index in [0.717, 1.165) is 17.7 Å². The number of benzene rings is 2. The summed E-state index contributed by atoms with van der Waals surface area (Å²) in [7, 11) is 0. The average Bonchev–Trinajstić information content (AvgIpc) is 3.28. The summed E-state index contributed by atoms with van der Waals surface area (Å²) in [6, 6.07) is 10.9. The van der Waals surface area contributed by atoms with Crippen LogP contribution in [-0.2, 0) is 6.18 Å². The van der Waals surface area contributed by atoms with Crippen molar-refractivity contribution in [2.75, 3.05) is 27.9 Å². The number of aromatic amines is 1. The number of carbonyl (C=O) groups excluding carboxylic acids is 1. The number of anilines is 6. The third-order valence-corrected chi connectivity index (χ3v) is 5.55. The Morgan fingerprint density at radius 3 is 2.41 bits per heavy atom. The van der Waals surface area contributed by atoms with E-state index in [1.54, 1.807) is 30.3 Å². The number of urea groups is 1. The minimum absolute atomic E-state index is 0.0514. The number of nitrogens with zero attached hydrogens (tertiary/aromatic N) is 3. The fraction of sp³-hybridized carbons (Fsp3) is 0.200. The van der Waals surface area contributed by atoms with Crippen LogP contribution in [0, 0.1) is 13.8 Å². The normalized spacial score (nSPS) is 11.2. The summed E-state index contributed by atoms with van der Waals surface area (Å²) >= 11 is 5.63. The molecule has 0 unspecified atom stereocenters. The topological polar surface area (TPSA) is 129 Å². The highest BCUT2D eigenvalue weighted by molar-refractivity contribution is 6.31. The lowest BCUT2D eigenvalue weighted by molar-refractivity contribution is -0.137. The number of amides is 2. The number of ether oxygens (including phenoxy) is 1. The number of nitrogens with one attached hydrogen (secondary N) is 5. The minimum Gasteiger partial charge on any atom is -0.477 e. The van der Waals surface area contributed by atoms with E-state index in [9.17, 15) is 18.0 Å². The van der Waals surface area contributed by atoms with Gasteiger partial charge in [-0.05, 0) is 62.7 Å². The standard InChI is InChI=1S/C25H24ClF3N8O2/c1-4-39-22-12-21(36-37-22)34-20-10-14(3)30-23(35-20)33-19-8-6-15(9-13(19)2)31-24(38)32-16-5-7-18(26)17(11-16)25(27,28)29/h5-12H,4H2,1-3H3,(H2,31,32,38)(H3,30,33,34,35,36,37). The van der Waals surface area contributed by atoms with Crippen molar-refractivity contribution in [1.82, 2.24) is 20.2 Å². The number of aryl methyl sites for hydroxylation is 2. The summed E-state index contributed by atoms with van der Waals surface area (Å²) in [6.45, 7) is 6.00. The fourth-order valence-electron chi connectivity index (χ4n) is 3.53. The van der Waals surface area contributed by atoms with Gasteiger partial charge in [0.1, 0.15) is 11.6 Å². The van der Waals surface area contributed by atoms with Gasteiger partial charge in [-0.3, -0.25) is 5.10 Å². The Kier molecular flexibility index (Phi) is 8.10. The Labute approximate surface area is 226 Å². The van der Waals surface area contributed by atoms with Crippen LogP contribution in [0.4, 0.5) is 52.6 Å². The number of hydrogen-bond donors (Lipinski definition) is 5. The van der Waals surface area contributed by atoms with Crippen LogP contribution in [0.25, 0.3) is 0 Å². The summed E-state index contributed by atoms with van der Waals surface area (Å²) < 4.78 is 44.6. The molecule has 0 saturated heterocycles.